The number of benzene rings is 2. The second kappa shape index (κ2) is 6.63. The molecule has 0 unspecified atom stereocenters. The largest absolute Gasteiger partial charge is 0.494 e. The Morgan fingerprint density at radius 2 is 1.73 bits per heavy atom. The Morgan fingerprint density at radius 1 is 1.08 bits per heavy atom. The van der Waals surface area contributed by atoms with Gasteiger partial charge in [0, 0.05) is 23.9 Å². The Balaban J connectivity index is 2.28. The summed E-state index contributed by atoms with van der Waals surface area (Å²) in [5, 5.41) is 0.427. The molecule has 0 aliphatic rings. The van der Waals surface area contributed by atoms with E-state index in [9.17, 15) is 14.0 Å². The molecular weight excluding hydrogens is 337 g/mol. The van der Waals surface area contributed by atoms with E-state index in [0.717, 1.165) is 5.56 Å². The van der Waals surface area contributed by atoms with Crippen LogP contribution in [0, 0.1) is 19.7 Å². The quantitative estimate of drug-likeness (QED) is 0.666. The van der Waals surface area contributed by atoms with Gasteiger partial charge in [-0.3, -0.25) is 14.2 Å². The van der Waals surface area contributed by atoms with Gasteiger partial charge in [-0.1, -0.05) is 17.7 Å². The van der Waals surface area contributed by atoms with Crippen LogP contribution in [0.1, 0.15) is 28.5 Å². The van der Waals surface area contributed by atoms with Crippen molar-refractivity contribution in [2.24, 2.45) is 0 Å². The predicted molar refractivity (Wildman–Crippen MR) is 95.4 cm³/mol. The number of fused-ring (bicyclic) bond motifs is 1. The number of hydrogen-bond acceptors (Lipinski definition) is 4. The molecule has 0 radical (unpaired) electrons. The lowest BCUT2D eigenvalue weighted by atomic mass is 10.1. The summed E-state index contributed by atoms with van der Waals surface area (Å²) in [6, 6.07) is 9.69. The van der Waals surface area contributed by atoms with Crippen molar-refractivity contribution in [2.45, 2.75) is 20.8 Å². The van der Waals surface area contributed by atoms with E-state index in [1.807, 2.05) is 19.1 Å². The van der Waals surface area contributed by atoms with E-state index in [0.29, 0.717) is 22.2 Å². The summed E-state index contributed by atoms with van der Waals surface area (Å²) in [6.45, 7) is 4.84. The van der Waals surface area contributed by atoms with Gasteiger partial charge < -0.3 is 9.47 Å². The van der Waals surface area contributed by atoms with Crippen LogP contribution in [0.3, 0.4) is 0 Å². The van der Waals surface area contributed by atoms with Gasteiger partial charge in [-0.25, -0.2) is 4.39 Å². The smallest absolute Gasteiger partial charge is 0.308 e. The maximum absolute atomic E-state index is 14.3. The molecule has 0 aliphatic carbocycles. The Bertz CT molecular complexity index is 1020. The average molecular weight is 355 g/mol. The fourth-order valence-corrected chi connectivity index (χ4v) is 2.90. The molecule has 0 spiro atoms. The Labute approximate surface area is 149 Å². The van der Waals surface area contributed by atoms with E-state index < -0.39 is 11.8 Å². The molecule has 0 saturated carbocycles. The number of carbonyl (C=O) groups is 2. The fraction of sp³-hybridized carbons (Fsp3) is 0.200. The van der Waals surface area contributed by atoms with Crippen LogP contribution in [0.15, 0.2) is 36.4 Å². The molecule has 3 rings (SSSR count). The van der Waals surface area contributed by atoms with Gasteiger partial charge in [-0.2, -0.15) is 0 Å². The monoisotopic (exact) mass is 355 g/mol. The molecule has 0 N–H and O–H groups in total. The maximum atomic E-state index is 14.3. The number of rotatable bonds is 3. The van der Waals surface area contributed by atoms with Crippen LogP contribution < -0.4 is 9.47 Å². The topological polar surface area (TPSA) is 57.5 Å². The van der Waals surface area contributed by atoms with Crippen LogP contribution >= 0.6 is 0 Å². The summed E-state index contributed by atoms with van der Waals surface area (Å²) >= 11 is 0. The van der Waals surface area contributed by atoms with Crippen LogP contribution in [-0.2, 0) is 4.79 Å². The second-order valence-electron chi connectivity index (χ2n) is 6.02. The van der Waals surface area contributed by atoms with Gasteiger partial charge in [0.25, 0.3) is 5.91 Å². The third kappa shape index (κ3) is 2.94. The molecule has 0 fully saturated rings. The molecule has 2 aromatic carbocycles. The number of halogens is 1. The summed E-state index contributed by atoms with van der Waals surface area (Å²) < 4.78 is 25.9. The van der Waals surface area contributed by atoms with Crippen LogP contribution in [0.5, 0.6) is 11.5 Å². The number of aromatic nitrogens is 1. The Morgan fingerprint density at radius 3 is 2.31 bits per heavy atom. The molecular formula is C20H18FNO4. The zero-order chi connectivity index (χ0) is 19.0. The number of hydrogen-bond donors (Lipinski definition) is 0. The first-order valence-electron chi connectivity index (χ1n) is 8.01. The molecule has 0 saturated heterocycles. The highest BCUT2D eigenvalue weighted by atomic mass is 19.1. The first-order chi connectivity index (χ1) is 12.3. The lowest BCUT2D eigenvalue weighted by molar-refractivity contribution is -0.131. The van der Waals surface area contributed by atoms with Crippen LogP contribution in [0.25, 0.3) is 10.9 Å². The first-order valence-corrected chi connectivity index (χ1v) is 8.01. The molecule has 0 aliphatic heterocycles. The lowest BCUT2D eigenvalue weighted by Crippen LogP contribution is -2.14. The number of ether oxygens (including phenoxy) is 2. The van der Waals surface area contributed by atoms with Gasteiger partial charge in [0.2, 0.25) is 0 Å². The number of aryl methyl sites for hydroxylation is 1. The predicted octanol–water partition coefficient (Wildman–Crippen LogP) is 4.02. The van der Waals surface area contributed by atoms with Crippen LogP contribution in [0.4, 0.5) is 4.39 Å². The van der Waals surface area contributed by atoms with Gasteiger partial charge >= 0.3 is 5.97 Å². The molecule has 0 atom stereocenters. The summed E-state index contributed by atoms with van der Waals surface area (Å²) in [5.74, 6) is -1.25. The zero-order valence-corrected chi connectivity index (χ0v) is 14.9. The van der Waals surface area contributed by atoms with E-state index in [-0.39, 0.29) is 17.4 Å². The summed E-state index contributed by atoms with van der Waals surface area (Å²) in [7, 11) is 1.34. The van der Waals surface area contributed by atoms with Crippen molar-refractivity contribution in [2.75, 3.05) is 7.11 Å². The molecule has 3 aromatic rings. The van der Waals surface area contributed by atoms with Gasteiger partial charge in [0.05, 0.1) is 18.3 Å². The SMILES string of the molecule is COc1cc2c(OC(C)=O)c(C)n(C(=O)c3ccc(C)cc3)c2cc1F. The van der Waals surface area contributed by atoms with Crippen molar-refractivity contribution in [3.63, 3.8) is 0 Å². The lowest BCUT2D eigenvalue weighted by Gasteiger charge is -2.08. The minimum Gasteiger partial charge on any atom is -0.494 e. The van der Waals surface area contributed by atoms with Crippen molar-refractivity contribution >= 4 is 22.8 Å². The highest BCUT2D eigenvalue weighted by Gasteiger charge is 2.24. The number of carbonyl (C=O) groups excluding carboxylic acids is 2. The van der Waals surface area contributed by atoms with E-state index in [4.69, 9.17) is 9.47 Å². The molecule has 134 valence electrons. The van der Waals surface area contributed by atoms with Gasteiger partial charge in [-0.05, 0) is 32.0 Å². The molecule has 0 amide bonds. The molecule has 1 aromatic heterocycles. The van der Waals surface area contributed by atoms with E-state index >= 15 is 0 Å². The first kappa shape index (κ1) is 17.7. The van der Waals surface area contributed by atoms with Crippen LogP contribution in [0.2, 0.25) is 0 Å². The van der Waals surface area contributed by atoms with E-state index in [1.54, 1.807) is 19.1 Å². The van der Waals surface area contributed by atoms with Gasteiger partial charge in [-0.15, -0.1) is 0 Å². The van der Waals surface area contributed by atoms with E-state index in [1.165, 1.54) is 30.7 Å². The molecule has 5 nitrogen and oxygen atoms in total. The van der Waals surface area contributed by atoms with Crippen molar-refractivity contribution in [1.29, 1.82) is 0 Å². The third-order valence-corrected chi connectivity index (χ3v) is 4.17. The Kier molecular flexibility index (Phi) is 4.50. The van der Waals surface area contributed by atoms with Crippen LogP contribution in [-0.4, -0.2) is 23.6 Å². The normalized spacial score (nSPS) is 10.8. The highest BCUT2D eigenvalue weighted by molar-refractivity contribution is 6.05. The van der Waals surface area contributed by atoms with Gasteiger partial charge in [0.15, 0.2) is 17.3 Å². The van der Waals surface area contributed by atoms with Crippen molar-refractivity contribution in [3.05, 3.63) is 59.0 Å². The molecule has 0 bridgehead atoms. The zero-order valence-electron chi connectivity index (χ0n) is 14.9. The van der Waals surface area contributed by atoms with Gasteiger partial charge in [0.1, 0.15) is 0 Å². The van der Waals surface area contributed by atoms with Crippen molar-refractivity contribution in [3.8, 4) is 11.5 Å². The minimum absolute atomic E-state index is 0.00540. The molecule has 1 heterocycles. The number of nitrogens with zero attached hydrogens (tertiary/aromatic N) is 1. The number of esters is 1. The van der Waals surface area contributed by atoms with Crippen molar-refractivity contribution < 1.29 is 23.5 Å². The fourth-order valence-electron chi connectivity index (χ4n) is 2.90. The number of methoxy groups -OCH3 is 1. The maximum Gasteiger partial charge on any atom is 0.308 e. The summed E-state index contributed by atoms with van der Waals surface area (Å²) in [5.41, 5.74) is 2.18. The summed E-state index contributed by atoms with van der Waals surface area (Å²) in [6.07, 6.45) is 0. The molecule has 26 heavy (non-hydrogen) atoms. The minimum atomic E-state index is -0.607. The van der Waals surface area contributed by atoms with Crippen molar-refractivity contribution in [1.82, 2.24) is 4.57 Å². The average Bonchev–Trinajstić information content (AvgIpc) is 2.85. The molecule has 6 heteroatoms. The standard InChI is InChI=1S/C20H18FNO4/c1-11-5-7-14(8-6-11)20(24)22-12(2)19(26-13(3)23)15-9-18(25-4)16(21)10-17(15)22/h5-10H,1-4H3. The Hall–Kier alpha value is -3.15. The van der Waals surface area contributed by atoms with E-state index in [2.05, 4.69) is 0 Å². The highest BCUT2D eigenvalue weighted by Crippen LogP contribution is 2.37. The second-order valence-corrected chi connectivity index (χ2v) is 6.02. The summed E-state index contributed by atoms with van der Waals surface area (Å²) in [4.78, 5) is 24.5. The third-order valence-electron chi connectivity index (χ3n) is 4.17.